The second kappa shape index (κ2) is 6.88. The van der Waals surface area contributed by atoms with Crippen molar-refractivity contribution in [2.24, 2.45) is 5.41 Å². The predicted molar refractivity (Wildman–Crippen MR) is 90.4 cm³/mol. The van der Waals surface area contributed by atoms with E-state index < -0.39 is 0 Å². The molecular formula is C19H22N2O4. The molecule has 2 aliphatic heterocycles. The van der Waals surface area contributed by atoms with Gasteiger partial charge in [-0.1, -0.05) is 0 Å². The molecule has 25 heavy (non-hydrogen) atoms. The lowest BCUT2D eigenvalue weighted by atomic mass is 9.73. The monoisotopic (exact) mass is 342 g/mol. The lowest BCUT2D eigenvalue weighted by Crippen LogP contribution is -2.58. The van der Waals surface area contributed by atoms with Gasteiger partial charge in [-0.2, -0.15) is 0 Å². The number of furan rings is 1. The minimum atomic E-state index is -0.175. The third-order valence-corrected chi connectivity index (χ3v) is 5.20. The number of fused-ring (bicyclic) bond motifs is 1. The maximum absolute atomic E-state index is 12.7. The fourth-order valence-electron chi connectivity index (χ4n) is 3.90. The Labute approximate surface area is 146 Å². The number of rotatable bonds is 4. The number of hydrogen-bond acceptors (Lipinski definition) is 5. The average molecular weight is 342 g/mol. The molecule has 0 spiro atoms. The molecule has 0 aliphatic carbocycles. The van der Waals surface area contributed by atoms with Gasteiger partial charge >= 0.3 is 0 Å². The molecule has 0 aromatic carbocycles. The first-order valence-electron chi connectivity index (χ1n) is 8.73. The quantitative estimate of drug-likeness (QED) is 0.855. The van der Waals surface area contributed by atoms with E-state index in [1.54, 1.807) is 18.5 Å². The largest absolute Gasteiger partial charge is 0.491 e. The van der Waals surface area contributed by atoms with Crippen molar-refractivity contribution in [1.29, 1.82) is 0 Å². The van der Waals surface area contributed by atoms with Crippen molar-refractivity contribution in [1.82, 2.24) is 9.88 Å². The molecule has 0 unspecified atom stereocenters. The van der Waals surface area contributed by atoms with Gasteiger partial charge in [-0.25, -0.2) is 0 Å². The number of likely N-dealkylation sites (tertiary alicyclic amines) is 1. The van der Waals surface area contributed by atoms with Crippen molar-refractivity contribution in [2.45, 2.75) is 25.4 Å². The fraction of sp³-hybridized carbons (Fsp3) is 0.474. The minimum absolute atomic E-state index is 0.0125. The second-order valence-corrected chi connectivity index (χ2v) is 6.83. The molecule has 1 amide bonds. The summed E-state index contributed by atoms with van der Waals surface area (Å²) in [4.78, 5) is 18.7. The summed E-state index contributed by atoms with van der Waals surface area (Å²) in [5, 5.41) is 0. The van der Waals surface area contributed by atoms with Crippen LogP contribution in [0.5, 0.6) is 5.75 Å². The van der Waals surface area contributed by atoms with Crippen LogP contribution in [0.3, 0.4) is 0 Å². The number of ether oxygens (including phenoxy) is 2. The average Bonchev–Trinajstić information content (AvgIpc) is 3.21. The number of pyridine rings is 1. The summed E-state index contributed by atoms with van der Waals surface area (Å²) in [7, 11) is 0. The van der Waals surface area contributed by atoms with Crippen molar-refractivity contribution < 1.29 is 18.7 Å². The highest BCUT2D eigenvalue weighted by atomic mass is 16.5. The van der Waals surface area contributed by atoms with Crippen LogP contribution in [-0.2, 0) is 4.74 Å². The molecule has 2 fully saturated rings. The van der Waals surface area contributed by atoms with Crippen LogP contribution in [0.4, 0.5) is 0 Å². The number of carbonyl (C=O) groups is 1. The second-order valence-electron chi connectivity index (χ2n) is 6.83. The third-order valence-electron chi connectivity index (χ3n) is 5.20. The highest BCUT2D eigenvalue weighted by Gasteiger charge is 2.47. The van der Waals surface area contributed by atoms with E-state index in [0.29, 0.717) is 25.3 Å². The molecule has 2 aromatic heterocycles. The predicted octanol–water partition coefficient (Wildman–Crippen LogP) is 2.76. The smallest absolute Gasteiger partial charge is 0.257 e. The zero-order valence-electron chi connectivity index (χ0n) is 14.1. The van der Waals surface area contributed by atoms with E-state index in [4.69, 9.17) is 13.9 Å². The SMILES string of the molecule is O=C(c1ccoc1)N1CC[C@@H]2OCCC[C@]2(COc2cccnc2)C1. The molecule has 6 heteroatoms. The molecule has 132 valence electrons. The molecular weight excluding hydrogens is 320 g/mol. The zero-order chi connectivity index (χ0) is 17.1. The van der Waals surface area contributed by atoms with E-state index in [1.807, 2.05) is 17.0 Å². The Morgan fingerprint density at radius 2 is 2.40 bits per heavy atom. The van der Waals surface area contributed by atoms with Gasteiger partial charge in [-0.3, -0.25) is 9.78 Å². The summed E-state index contributed by atoms with van der Waals surface area (Å²) >= 11 is 0. The third kappa shape index (κ3) is 3.26. The van der Waals surface area contributed by atoms with E-state index in [9.17, 15) is 4.79 Å². The van der Waals surface area contributed by atoms with Crippen molar-refractivity contribution >= 4 is 5.91 Å². The summed E-state index contributed by atoms with van der Waals surface area (Å²) in [6.45, 7) is 2.65. The first kappa shape index (κ1) is 16.1. The lowest BCUT2D eigenvalue weighted by molar-refractivity contribution is -0.133. The topological polar surface area (TPSA) is 64.8 Å². The Morgan fingerprint density at radius 1 is 1.44 bits per heavy atom. The number of nitrogens with zero attached hydrogens (tertiary/aromatic N) is 2. The summed E-state index contributed by atoms with van der Waals surface area (Å²) in [6, 6.07) is 5.47. The Balaban J connectivity index is 1.51. The van der Waals surface area contributed by atoms with Gasteiger partial charge in [-0.15, -0.1) is 0 Å². The molecule has 4 rings (SSSR count). The van der Waals surface area contributed by atoms with E-state index in [0.717, 1.165) is 31.6 Å². The normalized spacial score (nSPS) is 26.1. The molecule has 6 nitrogen and oxygen atoms in total. The Morgan fingerprint density at radius 3 is 3.20 bits per heavy atom. The van der Waals surface area contributed by atoms with Crippen LogP contribution < -0.4 is 4.74 Å². The van der Waals surface area contributed by atoms with E-state index >= 15 is 0 Å². The molecule has 0 N–H and O–H groups in total. The number of hydrogen-bond donors (Lipinski definition) is 0. The first-order valence-corrected chi connectivity index (χ1v) is 8.73. The van der Waals surface area contributed by atoms with Gasteiger partial charge in [0, 0.05) is 31.3 Å². The van der Waals surface area contributed by atoms with Crippen molar-refractivity contribution in [3.05, 3.63) is 48.7 Å². The number of amides is 1. The molecule has 0 saturated carbocycles. The Hall–Kier alpha value is -2.34. The number of carbonyl (C=O) groups excluding carboxylic acids is 1. The minimum Gasteiger partial charge on any atom is -0.491 e. The molecule has 0 bridgehead atoms. The van der Waals surface area contributed by atoms with Gasteiger partial charge in [0.25, 0.3) is 5.91 Å². The summed E-state index contributed by atoms with van der Waals surface area (Å²) in [5.41, 5.74) is 0.421. The summed E-state index contributed by atoms with van der Waals surface area (Å²) < 4.78 is 17.1. The molecule has 4 heterocycles. The highest BCUT2D eigenvalue weighted by Crippen LogP contribution is 2.41. The lowest BCUT2D eigenvalue weighted by Gasteiger charge is -2.50. The van der Waals surface area contributed by atoms with Gasteiger partial charge < -0.3 is 18.8 Å². The van der Waals surface area contributed by atoms with Crippen LogP contribution in [0.15, 0.2) is 47.5 Å². The van der Waals surface area contributed by atoms with Gasteiger partial charge in [0.1, 0.15) is 12.0 Å². The van der Waals surface area contributed by atoms with Gasteiger partial charge in [0.15, 0.2) is 0 Å². The zero-order valence-corrected chi connectivity index (χ0v) is 14.1. The first-order chi connectivity index (χ1) is 12.3. The fourth-order valence-corrected chi connectivity index (χ4v) is 3.90. The highest BCUT2D eigenvalue weighted by molar-refractivity contribution is 5.93. The standard InChI is InChI=1S/C19H22N2O4/c22-18(15-5-10-23-12-15)21-8-4-17-19(13-21,6-2-9-24-17)14-25-16-3-1-7-20-11-16/h1,3,5,7,10-12,17H,2,4,6,8-9,13-14H2/t17-,19+/m0/s1. The molecule has 2 aliphatic rings. The molecule has 2 aromatic rings. The molecule has 2 atom stereocenters. The van der Waals surface area contributed by atoms with E-state index in [-0.39, 0.29) is 17.4 Å². The van der Waals surface area contributed by atoms with Gasteiger partial charge in [0.05, 0.1) is 30.7 Å². The van der Waals surface area contributed by atoms with Crippen LogP contribution in [-0.4, -0.2) is 48.2 Å². The Kier molecular flexibility index (Phi) is 4.44. The van der Waals surface area contributed by atoms with Crippen LogP contribution in [0.1, 0.15) is 29.6 Å². The maximum Gasteiger partial charge on any atom is 0.257 e. The Bertz CT molecular complexity index is 703. The van der Waals surface area contributed by atoms with E-state index in [2.05, 4.69) is 4.98 Å². The van der Waals surface area contributed by atoms with Crippen LogP contribution in [0.25, 0.3) is 0 Å². The van der Waals surface area contributed by atoms with Crippen LogP contribution in [0, 0.1) is 5.41 Å². The molecule has 0 radical (unpaired) electrons. The summed E-state index contributed by atoms with van der Waals surface area (Å²) in [6.07, 6.45) is 9.42. The van der Waals surface area contributed by atoms with E-state index in [1.165, 1.54) is 12.5 Å². The van der Waals surface area contributed by atoms with Crippen molar-refractivity contribution in [3.8, 4) is 5.75 Å². The van der Waals surface area contributed by atoms with Crippen molar-refractivity contribution in [2.75, 3.05) is 26.3 Å². The van der Waals surface area contributed by atoms with Gasteiger partial charge in [0.2, 0.25) is 0 Å². The maximum atomic E-state index is 12.7. The van der Waals surface area contributed by atoms with Crippen LogP contribution in [0.2, 0.25) is 0 Å². The van der Waals surface area contributed by atoms with Gasteiger partial charge in [-0.05, 0) is 37.5 Å². The van der Waals surface area contributed by atoms with Crippen LogP contribution >= 0.6 is 0 Å². The van der Waals surface area contributed by atoms with Crippen molar-refractivity contribution in [3.63, 3.8) is 0 Å². The number of aromatic nitrogens is 1. The summed E-state index contributed by atoms with van der Waals surface area (Å²) in [5.74, 6) is 0.762. The number of piperidine rings is 1. The molecule has 2 saturated heterocycles.